The van der Waals surface area contributed by atoms with E-state index in [1.807, 2.05) is 19.0 Å². The molecule has 0 saturated carbocycles. The van der Waals surface area contributed by atoms with Crippen LogP contribution in [0.1, 0.15) is 20.3 Å². The van der Waals surface area contributed by atoms with Crippen molar-refractivity contribution < 1.29 is 5.11 Å². The first-order chi connectivity index (χ1) is 7.84. The van der Waals surface area contributed by atoms with Gasteiger partial charge in [0.25, 0.3) is 0 Å². The quantitative estimate of drug-likeness (QED) is 0.760. The smallest absolute Gasteiger partial charge is 0.208 e. The van der Waals surface area contributed by atoms with Crippen LogP contribution in [0.25, 0.3) is 0 Å². The number of hydrogen-bond acceptors (Lipinski definition) is 7. The van der Waals surface area contributed by atoms with E-state index in [-0.39, 0.29) is 11.8 Å². The molecule has 0 aliphatic rings. The Balaban J connectivity index is 2.53. The van der Waals surface area contributed by atoms with E-state index in [1.165, 1.54) is 0 Å². The second-order valence-electron chi connectivity index (χ2n) is 4.58. The van der Waals surface area contributed by atoms with Crippen LogP contribution in [0, 0.1) is 0 Å². The highest BCUT2D eigenvalue weighted by Crippen LogP contribution is 2.32. The van der Waals surface area contributed by atoms with Crippen LogP contribution >= 0.6 is 23.1 Å². The molecule has 98 valence electrons. The minimum absolute atomic E-state index is 0.261. The van der Waals surface area contributed by atoms with Crippen LogP contribution in [0.5, 0.6) is 0 Å². The summed E-state index contributed by atoms with van der Waals surface area (Å²) in [5, 5.41) is 19.2. The number of aliphatic hydroxyl groups is 1. The number of nitrogens with two attached hydrogens (primary N) is 1. The van der Waals surface area contributed by atoms with E-state index in [2.05, 4.69) is 17.1 Å². The first-order valence-electron chi connectivity index (χ1n) is 5.44. The number of anilines is 1. The molecule has 2 unspecified atom stereocenters. The Morgan fingerprint density at radius 3 is 2.65 bits per heavy atom. The van der Waals surface area contributed by atoms with Gasteiger partial charge in [0.15, 0.2) is 4.34 Å². The maximum absolute atomic E-state index is 9.89. The van der Waals surface area contributed by atoms with Gasteiger partial charge in [-0.2, -0.15) is 0 Å². The summed E-state index contributed by atoms with van der Waals surface area (Å²) in [6, 6.07) is 0. The molecule has 0 aliphatic heterocycles. The van der Waals surface area contributed by atoms with Crippen LogP contribution in [-0.2, 0) is 0 Å². The van der Waals surface area contributed by atoms with Crippen LogP contribution in [0.4, 0.5) is 5.13 Å². The van der Waals surface area contributed by atoms with Crippen LogP contribution in [0.15, 0.2) is 4.34 Å². The van der Waals surface area contributed by atoms with Crippen LogP contribution in [0.3, 0.4) is 0 Å². The Labute approximate surface area is 110 Å². The number of rotatable bonds is 6. The SMILES string of the molecule is CC(CC(C)(O)CN)Sc1nnc(N(C)C)s1. The van der Waals surface area contributed by atoms with Crippen molar-refractivity contribution in [2.75, 3.05) is 25.5 Å². The van der Waals surface area contributed by atoms with E-state index in [4.69, 9.17) is 5.73 Å². The first kappa shape index (κ1) is 14.7. The Morgan fingerprint density at radius 1 is 1.53 bits per heavy atom. The van der Waals surface area contributed by atoms with Crippen molar-refractivity contribution in [1.29, 1.82) is 0 Å². The molecule has 1 aromatic heterocycles. The zero-order chi connectivity index (χ0) is 13.1. The van der Waals surface area contributed by atoms with Gasteiger partial charge in [0, 0.05) is 25.9 Å². The van der Waals surface area contributed by atoms with Gasteiger partial charge in [-0.15, -0.1) is 10.2 Å². The van der Waals surface area contributed by atoms with Crippen molar-refractivity contribution in [1.82, 2.24) is 10.2 Å². The molecule has 7 heteroatoms. The lowest BCUT2D eigenvalue weighted by Crippen LogP contribution is -2.36. The van der Waals surface area contributed by atoms with E-state index >= 15 is 0 Å². The lowest BCUT2D eigenvalue weighted by atomic mass is 10.0. The van der Waals surface area contributed by atoms with Crippen molar-refractivity contribution in [3.63, 3.8) is 0 Å². The summed E-state index contributed by atoms with van der Waals surface area (Å²) in [5.74, 6) is 0. The summed E-state index contributed by atoms with van der Waals surface area (Å²) >= 11 is 3.18. The first-order valence-corrected chi connectivity index (χ1v) is 7.13. The summed E-state index contributed by atoms with van der Waals surface area (Å²) in [6.45, 7) is 4.10. The van der Waals surface area contributed by atoms with Gasteiger partial charge in [0.1, 0.15) is 0 Å². The van der Waals surface area contributed by atoms with Crippen molar-refractivity contribution in [2.45, 2.75) is 35.5 Å². The van der Waals surface area contributed by atoms with E-state index in [1.54, 1.807) is 30.0 Å². The third kappa shape index (κ3) is 4.79. The fraction of sp³-hybridized carbons (Fsp3) is 0.800. The van der Waals surface area contributed by atoms with E-state index < -0.39 is 5.60 Å². The summed E-state index contributed by atoms with van der Waals surface area (Å²) in [5.41, 5.74) is 4.70. The van der Waals surface area contributed by atoms with Crippen LogP contribution < -0.4 is 10.6 Å². The minimum Gasteiger partial charge on any atom is -0.389 e. The summed E-state index contributed by atoms with van der Waals surface area (Å²) in [4.78, 5) is 1.93. The fourth-order valence-corrected chi connectivity index (χ4v) is 3.63. The van der Waals surface area contributed by atoms with Crippen molar-refractivity contribution in [2.24, 2.45) is 5.73 Å². The molecular weight excluding hydrogens is 256 g/mol. The molecule has 0 amide bonds. The Hall–Kier alpha value is -0.370. The zero-order valence-corrected chi connectivity index (χ0v) is 12.3. The second kappa shape index (κ2) is 5.99. The van der Waals surface area contributed by atoms with Crippen molar-refractivity contribution >= 4 is 28.2 Å². The van der Waals surface area contributed by atoms with E-state index in [9.17, 15) is 5.11 Å². The molecule has 0 aliphatic carbocycles. The lowest BCUT2D eigenvalue weighted by Gasteiger charge is -2.23. The van der Waals surface area contributed by atoms with Gasteiger partial charge in [-0.05, 0) is 13.3 Å². The van der Waals surface area contributed by atoms with Crippen LogP contribution in [0.2, 0.25) is 0 Å². The number of hydrogen-bond donors (Lipinski definition) is 2. The number of thioether (sulfide) groups is 1. The third-order valence-electron chi connectivity index (χ3n) is 2.25. The molecule has 0 fully saturated rings. The van der Waals surface area contributed by atoms with Gasteiger partial charge >= 0.3 is 0 Å². The highest BCUT2D eigenvalue weighted by atomic mass is 32.2. The Kier molecular flexibility index (Phi) is 5.18. The average molecular weight is 276 g/mol. The normalized spacial score (nSPS) is 16.6. The molecule has 1 rings (SSSR count). The van der Waals surface area contributed by atoms with Gasteiger partial charge in [-0.3, -0.25) is 0 Å². The predicted octanol–water partition coefficient (Wildman–Crippen LogP) is 1.18. The fourth-order valence-electron chi connectivity index (χ4n) is 1.35. The van der Waals surface area contributed by atoms with Gasteiger partial charge < -0.3 is 15.7 Å². The zero-order valence-electron chi connectivity index (χ0n) is 10.7. The van der Waals surface area contributed by atoms with Gasteiger partial charge in [0.05, 0.1) is 5.60 Å². The molecule has 1 heterocycles. The number of aromatic nitrogens is 2. The molecule has 0 saturated heterocycles. The van der Waals surface area contributed by atoms with Crippen molar-refractivity contribution in [3.8, 4) is 0 Å². The largest absolute Gasteiger partial charge is 0.389 e. The molecule has 5 nitrogen and oxygen atoms in total. The average Bonchev–Trinajstić information content (AvgIpc) is 2.65. The van der Waals surface area contributed by atoms with Gasteiger partial charge in [-0.25, -0.2) is 0 Å². The van der Waals surface area contributed by atoms with Gasteiger partial charge in [0.2, 0.25) is 5.13 Å². The molecule has 0 aromatic carbocycles. The molecule has 0 bridgehead atoms. The molecule has 3 N–H and O–H groups in total. The topological polar surface area (TPSA) is 75.3 Å². The minimum atomic E-state index is -0.804. The second-order valence-corrected chi connectivity index (χ2v) is 7.22. The van der Waals surface area contributed by atoms with Gasteiger partial charge in [-0.1, -0.05) is 30.0 Å². The Bertz CT molecular complexity index is 354. The van der Waals surface area contributed by atoms with E-state index in [0.29, 0.717) is 6.42 Å². The summed E-state index contributed by atoms with van der Waals surface area (Å²) in [7, 11) is 3.88. The molecule has 1 aromatic rings. The molecule has 2 atom stereocenters. The summed E-state index contributed by atoms with van der Waals surface area (Å²) < 4.78 is 0.925. The number of nitrogens with zero attached hydrogens (tertiary/aromatic N) is 3. The van der Waals surface area contributed by atoms with E-state index in [0.717, 1.165) is 9.47 Å². The highest BCUT2D eigenvalue weighted by molar-refractivity contribution is 8.01. The van der Waals surface area contributed by atoms with Crippen molar-refractivity contribution in [3.05, 3.63) is 0 Å². The van der Waals surface area contributed by atoms with Crippen LogP contribution in [-0.4, -0.2) is 46.8 Å². The lowest BCUT2D eigenvalue weighted by molar-refractivity contribution is 0.0608. The molecule has 0 radical (unpaired) electrons. The maximum atomic E-state index is 9.89. The maximum Gasteiger partial charge on any atom is 0.208 e. The standard InChI is InChI=1S/C10H20N4OS2/c1-7(5-10(2,15)6-11)16-9-13-12-8(17-9)14(3)4/h7,15H,5-6,11H2,1-4H3. The molecule has 0 spiro atoms. The summed E-state index contributed by atoms with van der Waals surface area (Å²) in [6.07, 6.45) is 0.644. The monoisotopic (exact) mass is 276 g/mol. The molecule has 17 heavy (non-hydrogen) atoms. The highest BCUT2D eigenvalue weighted by Gasteiger charge is 2.23. The third-order valence-corrected chi connectivity index (χ3v) is 4.52. The molecular formula is C10H20N4OS2. The predicted molar refractivity (Wildman–Crippen MR) is 73.9 cm³/mol. The Morgan fingerprint density at radius 2 is 2.18 bits per heavy atom.